The first-order chi connectivity index (χ1) is 20.4. The van der Waals surface area contributed by atoms with Crippen LogP contribution in [0.15, 0.2) is 71.6 Å². The second kappa shape index (κ2) is 15.1. The third kappa shape index (κ3) is 8.42. The lowest BCUT2D eigenvalue weighted by Crippen LogP contribution is -2.52. The van der Waals surface area contributed by atoms with Crippen molar-refractivity contribution >= 4 is 39.1 Å². The highest BCUT2D eigenvalue weighted by Crippen LogP contribution is 2.34. The number of carbonyl (C=O) groups excluding carboxylic acids is 2. The van der Waals surface area contributed by atoms with Crippen LogP contribution in [0.3, 0.4) is 0 Å². The predicted octanol–water partition coefficient (Wildman–Crippen LogP) is 5.44. The topological polar surface area (TPSA) is 105 Å². The molecule has 11 heteroatoms. The van der Waals surface area contributed by atoms with Gasteiger partial charge in [-0.2, -0.15) is 0 Å². The van der Waals surface area contributed by atoms with Crippen LogP contribution in [0, 0.1) is 12.8 Å². The second-order valence-electron chi connectivity index (χ2n) is 10.5. The number of halogens is 1. The highest BCUT2D eigenvalue weighted by atomic mass is 35.5. The minimum Gasteiger partial charge on any atom is -0.493 e. The van der Waals surface area contributed by atoms with Crippen molar-refractivity contribution in [2.75, 3.05) is 31.6 Å². The number of ether oxygens (including phenoxy) is 2. The summed E-state index contributed by atoms with van der Waals surface area (Å²) >= 11 is 6.46. The number of sulfonamides is 1. The Morgan fingerprint density at radius 2 is 1.60 bits per heavy atom. The Morgan fingerprint density at radius 3 is 2.19 bits per heavy atom. The van der Waals surface area contributed by atoms with Gasteiger partial charge in [-0.3, -0.25) is 13.9 Å². The lowest BCUT2D eigenvalue weighted by Gasteiger charge is -2.33. The van der Waals surface area contributed by atoms with Gasteiger partial charge >= 0.3 is 0 Å². The summed E-state index contributed by atoms with van der Waals surface area (Å²) in [6, 6.07) is 17.2. The van der Waals surface area contributed by atoms with Gasteiger partial charge in [-0.15, -0.1) is 0 Å². The van der Waals surface area contributed by atoms with Gasteiger partial charge < -0.3 is 19.7 Å². The van der Waals surface area contributed by atoms with Gasteiger partial charge in [0.25, 0.3) is 10.0 Å². The standard InChI is InChI=1S/C32H40ClN3O6S/c1-7-28(32(38)34-19-22(2)3)35(20-24-10-8-9-11-27(24)33)31(37)21-36(25-14-17-29(41-5)30(18-25)42-6)43(39,40)26-15-12-23(4)13-16-26/h8-18,22,28H,7,19-21H2,1-6H3,(H,34,38)/t28-/m0/s1. The van der Waals surface area contributed by atoms with Gasteiger partial charge in [0.05, 0.1) is 24.8 Å². The summed E-state index contributed by atoms with van der Waals surface area (Å²) < 4.78 is 40.0. The van der Waals surface area contributed by atoms with Crippen molar-refractivity contribution in [3.63, 3.8) is 0 Å². The van der Waals surface area contributed by atoms with E-state index in [1.165, 1.54) is 37.3 Å². The Bertz CT molecular complexity index is 1510. The first-order valence-electron chi connectivity index (χ1n) is 14.0. The van der Waals surface area contributed by atoms with Crippen molar-refractivity contribution in [3.8, 4) is 11.5 Å². The number of amides is 2. The molecule has 0 aliphatic carbocycles. The fraction of sp³-hybridized carbons (Fsp3) is 0.375. The van der Waals surface area contributed by atoms with Crippen molar-refractivity contribution in [2.45, 2.75) is 51.6 Å². The molecule has 43 heavy (non-hydrogen) atoms. The highest BCUT2D eigenvalue weighted by Gasteiger charge is 2.34. The third-order valence-corrected chi connectivity index (χ3v) is 9.07. The SMILES string of the molecule is CC[C@@H](C(=O)NCC(C)C)N(Cc1ccccc1Cl)C(=O)CN(c1ccc(OC)c(OC)c1)S(=O)(=O)c1ccc(C)cc1. The van der Waals surface area contributed by atoms with Crippen LogP contribution >= 0.6 is 11.6 Å². The van der Waals surface area contributed by atoms with Crippen LogP contribution < -0.4 is 19.1 Å². The molecule has 0 aliphatic rings. The van der Waals surface area contributed by atoms with E-state index in [-0.39, 0.29) is 29.0 Å². The van der Waals surface area contributed by atoms with Gasteiger partial charge in [0.1, 0.15) is 12.6 Å². The normalized spacial score (nSPS) is 12.0. The van der Waals surface area contributed by atoms with Gasteiger partial charge in [-0.25, -0.2) is 8.42 Å². The quantitative estimate of drug-likeness (QED) is 0.255. The number of rotatable bonds is 14. The van der Waals surface area contributed by atoms with Crippen LogP contribution in [0.2, 0.25) is 5.02 Å². The summed E-state index contributed by atoms with van der Waals surface area (Å²) in [6.07, 6.45) is 0.307. The summed E-state index contributed by atoms with van der Waals surface area (Å²) in [5.74, 6) is 0.00410. The van der Waals surface area contributed by atoms with E-state index in [1.54, 1.807) is 48.5 Å². The zero-order valence-electron chi connectivity index (χ0n) is 25.5. The van der Waals surface area contributed by atoms with E-state index in [1.807, 2.05) is 27.7 Å². The Morgan fingerprint density at radius 1 is 0.953 bits per heavy atom. The number of aryl methyl sites for hydroxylation is 1. The van der Waals surface area contributed by atoms with Crippen molar-refractivity contribution in [2.24, 2.45) is 5.92 Å². The van der Waals surface area contributed by atoms with Crippen molar-refractivity contribution in [3.05, 3.63) is 82.9 Å². The molecule has 0 bridgehead atoms. The largest absolute Gasteiger partial charge is 0.493 e. The van der Waals surface area contributed by atoms with Crippen molar-refractivity contribution < 1.29 is 27.5 Å². The average molecular weight is 630 g/mol. The molecule has 0 aliphatic heterocycles. The number of hydrogen-bond donors (Lipinski definition) is 1. The summed E-state index contributed by atoms with van der Waals surface area (Å²) in [5, 5.41) is 3.35. The highest BCUT2D eigenvalue weighted by molar-refractivity contribution is 7.92. The first-order valence-corrected chi connectivity index (χ1v) is 15.9. The van der Waals surface area contributed by atoms with Gasteiger partial charge in [0.15, 0.2) is 11.5 Å². The van der Waals surface area contributed by atoms with E-state index >= 15 is 0 Å². The zero-order chi connectivity index (χ0) is 31.7. The number of methoxy groups -OCH3 is 2. The molecule has 0 heterocycles. The predicted molar refractivity (Wildman–Crippen MR) is 169 cm³/mol. The summed E-state index contributed by atoms with van der Waals surface area (Å²) in [5.41, 5.74) is 1.71. The maximum absolute atomic E-state index is 14.2. The number of carbonyl (C=O) groups is 2. The Balaban J connectivity index is 2.12. The van der Waals surface area contributed by atoms with Crippen LogP contribution in [0.25, 0.3) is 0 Å². The number of nitrogens with one attached hydrogen (secondary N) is 1. The molecule has 0 unspecified atom stereocenters. The molecule has 232 valence electrons. The molecule has 1 N–H and O–H groups in total. The molecule has 1 atom stereocenters. The third-order valence-electron chi connectivity index (χ3n) is 6.91. The Hall–Kier alpha value is -3.76. The lowest BCUT2D eigenvalue weighted by atomic mass is 10.1. The number of anilines is 1. The molecule has 3 aromatic rings. The molecule has 0 aromatic heterocycles. The molecular formula is C32H40ClN3O6S. The minimum absolute atomic E-state index is 0.0104. The first kappa shape index (κ1) is 33.7. The molecule has 3 rings (SSSR count). The molecule has 0 radical (unpaired) electrons. The van der Waals surface area contributed by atoms with E-state index in [0.29, 0.717) is 35.1 Å². The van der Waals surface area contributed by atoms with Gasteiger partial charge in [-0.05, 0) is 55.2 Å². The maximum Gasteiger partial charge on any atom is 0.264 e. The Labute approximate surface area is 259 Å². The Kier molecular flexibility index (Phi) is 11.9. The lowest BCUT2D eigenvalue weighted by molar-refractivity contribution is -0.140. The average Bonchev–Trinajstić information content (AvgIpc) is 2.99. The van der Waals surface area contributed by atoms with Gasteiger partial charge in [0, 0.05) is 24.2 Å². The summed E-state index contributed by atoms with van der Waals surface area (Å²) in [7, 11) is -1.32. The summed E-state index contributed by atoms with van der Waals surface area (Å²) in [4.78, 5) is 29.0. The van der Waals surface area contributed by atoms with Crippen molar-refractivity contribution in [1.82, 2.24) is 10.2 Å². The molecule has 3 aromatic carbocycles. The van der Waals surface area contributed by atoms with E-state index in [9.17, 15) is 18.0 Å². The van der Waals surface area contributed by atoms with E-state index in [2.05, 4.69) is 5.32 Å². The molecule has 0 fully saturated rings. The molecule has 0 saturated heterocycles. The number of hydrogen-bond acceptors (Lipinski definition) is 6. The maximum atomic E-state index is 14.2. The summed E-state index contributed by atoms with van der Waals surface area (Å²) in [6.45, 7) is 7.48. The molecule has 9 nitrogen and oxygen atoms in total. The monoisotopic (exact) mass is 629 g/mol. The second-order valence-corrected chi connectivity index (χ2v) is 12.8. The fourth-order valence-electron chi connectivity index (χ4n) is 4.50. The number of benzene rings is 3. The zero-order valence-corrected chi connectivity index (χ0v) is 27.0. The molecular weight excluding hydrogens is 590 g/mol. The van der Waals surface area contributed by atoms with Crippen LogP contribution in [-0.4, -0.2) is 58.5 Å². The molecule has 0 spiro atoms. The fourth-order valence-corrected chi connectivity index (χ4v) is 6.10. The molecule has 0 saturated carbocycles. The van der Waals surface area contributed by atoms with Crippen LogP contribution in [0.1, 0.15) is 38.3 Å². The van der Waals surface area contributed by atoms with Gasteiger partial charge in [-0.1, -0.05) is 68.3 Å². The number of nitrogens with zero attached hydrogens (tertiary/aromatic N) is 2. The van der Waals surface area contributed by atoms with Gasteiger partial charge in [0.2, 0.25) is 11.8 Å². The smallest absolute Gasteiger partial charge is 0.264 e. The van der Waals surface area contributed by atoms with E-state index < -0.39 is 28.5 Å². The van der Waals surface area contributed by atoms with Crippen LogP contribution in [0.4, 0.5) is 5.69 Å². The van der Waals surface area contributed by atoms with Crippen molar-refractivity contribution in [1.29, 1.82) is 0 Å². The van der Waals surface area contributed by atoms with E-state index in [0.717, 1.165) is 9.87 Å². The van der Waals surface area contributed by atoms with Crippen LogP contribution in [-0.2, 0) is 26.2 Å². The van der Waals surface area contributed by atoms with Crippen LogP contribution in [0.5, 0.6) is 11.5 Å². The van der Waals surface area contributed by atoms with E-state index in [4.69, 9.17) is 21.1 Å². The molecule has 2 amide bonds. The minimum atomic E-state index is -4.24.